The van der Waals surface area contributed by atoms with Crippen molar-refractivity contribution >= 4 is 16.2 Å². The van der Waals surface area contributed by atoms with Gasteiger partial charge in [0.05, 0.1) is 24.3 Å². The summed E-state index contributed by atoms with van der Waals surface area (Å²) in [6.07, 6.45) is 1.65. The van der Waals surface area contributed by atoms with Gasteiger partial charge < -0.3 is 14.1 Å². The average Bonchev–Trinajstić information content (AvgIpc) is 2.94. The maximum atomic E-state index is 12.9. The van der Waals surface area contributed by atoms with E-state index in [0.717, 1.165) is 22.6 Å². The molecule has 2 heterocycles. The topological polar surface area (TPSA) is 73.1 Å². The van der Waals surface area contributed by atoms with Crippen LogP contribution in [0.3, 0.4) is 0 Å². The van der Waals surface area contributed by atoms with Crippen molar-refractivity contribution in [2.45, 2.75) is 18.7 Å². The van der Waals surface area contributed by atoms with E-state index in [-0.39, 0.29) is 4.90 Å². The minimum atomic E-state index is -3.53. The first-order valence-electron chi connectivity index (χ1n) is 8.39. The van der Waals surface area contributed by atoms with E-state index in [1.807, 2.05) is 30.5 Å². The van der Waals surface area contributed by atoms with Crippen LogP contribution in [-0.4, -0.2) is 56.9 Å². The molecule has 0 N–H and O–H groups in total. The Morgan fingerprint density at radius 3 is 2.62 bits per heavy atom. The Morgan fingerprint density at radius 1 is 1.19 bits per heavy atom. The smallest absolute Gasteiger partial charge is 0.243 e. The van der Waals surface area contributed by atoms with Gasteiger partial charge in [0.1, 0.15) is 7.11 Å². The molecule has 0 amide bonds. The number of aryl methyl sites for hydroxylation is 1. The van der Waals surface area contributed by atoms with Crippen LogP contribution >= 0.6 is 0 Å². The molecule has 7 nitrogen and oxygen atoms in total. The summed E-state index contributed by atoms with van der Waals surface area (Å²) in [7, 11) is -2.04. The zero-order valence-electron chi connectivity index (χ0n) is 15.2. The number of aromatic nitrogens is 1. The van der Waals surface area contributed by atoms with E-state index in [0.29, 0.717) is 26.3 Å². The first-order valence-corrected chi connectivity index (χ1v) is 9.83. The SMILES string of the molecule is CON=Cc1cc(C)n(-c2cccc(S(=O)(=O)N3CCOCC3)c2)c1C. The fourth-order valence-electron chi connectivity index (χ4n) is 3.14. The monoisotopic (exact) mass is 377 g/mol. The summed E-state index contributed by atoms with van der Waals surface area (Å²) in [5.74, 6) is 0. The molecule has 1 aliphatic heterocycles. The first-order chi connectivity index (χ1) is 12.4. The van der Waals surface area contributed by atoms with Gasteiger partial charge >= 0.3 is 0 Å². The fourth-order valence-corrected chi connectivity index (χ4v) is 4.59. The minimum Gasteiger partial charge on any atom is -0.399 e. The Hall–Kier alpha value is -2.16. The summed E-state index contributed by atoms with van der Waals surface area (Å²) in [6.45, 7) is 5.55. The van der Waals surface area contributed by atoms with Gasteiger partial charge in [-0.3, -0.25) is 0 Å². The molecule has 1 saturated heterocycles. The van der Waals surface area contributed by atoms with Gasteiger partial charge in [-0.2, -0.15) is 4.31 Å². The van der Waals surface area contributed by atoms with Gasteiger partial charge in [0.25, 0.3) is 0 Å². The number of sulfonamides is 1. The van der Waals surface area contributed by atoms with Crippen LogP contribution in [0, 0.1) is 13.8 Å². The second-order valence-electron chi connectivity index (χ2n) is 6.09. The van der Waals surface area contributed by atoms with Gasteiger partial charge in [0, 0.05) is 35.7 Å². The van der Waals surface area contributed by atoms with Crippen molar-refractivity contribution in [3.63, 3.8) is 0 Å². The molecule has 0 saturated carbocycles. The molecular formula is C18H23N3O4S. The molecule has 3 rings (SSSR count). The Morgan fingerprint density at radius 2 is 1.92 bits per heavy atom. The molecule has 0 unspecified atom stereocenters. The van der Waals surface area contributed by atoms with Crippen molar-refractivity contribution in [2.75, 3.05) is 33.4 Å². The van der Waals surface area contributed by atoms with E-state index in [2.05, 4.69) is 5.16 Å². The van der Waals surface area contributed by atoms with Crippen molar-refractivity contribution in [3.8, 4) is 5.69 Å². The third-order valence-corrected chi connectivity index (χ3v) is 6.35. The van der Waals surface area contributed by atoms with Gasteiger partial charge in [-0.25, -0.2) is 8.42 Å². The molecule has 1 aliphatic rings. The number of rotatable bonds is 5. The second-order valence-corrected chi connectivity index (χ2v) is 8.03. The molecule has 2 aromatic rings. The predicted molar refractivity (Wildman–Crippen MR) is 99.4 cm³/mol. The van der Waals surface area contributed by atoms with E-state index in [1.54, 1.807) is 24.4 Å². The maximum absolute atomic E-state index is 12.9. The lowest BCUT2D eigenvalue weighted by molar-refractivity contribution is 0.0730. The standard InChI is InChI=1S/C18H23N3O4S/c1-14-11-16(13-19-24-3)15(2)21(14)17-5-4-6-18(12-17)26(22,23)20-7-9-25-10-8-20/h4-6,11-13H,7-10H2,1-3H3. The highest BCUT2D eigenvalue weighted by molar-refractivity contribution is 7.89. The van der Waals surface area contributed by atoms with Crippen LogP contribution < -0.4 is 0 Å². The largest absolute Gasteiger partial charge is 0.399 e. The summed E-state index contributed by atoms with van der Waals surface area (Å²) in [5, 5.41) is 3.82. The van der Waals surface area contributed by atoms with Crippen LogP contribution in [0.2, 0.25) is 0 Å². The number of ether oxygens (including phenoxy) is 1. The quantitative estimate of drug-likeness (QED) is 0.591. The summed E-state index contributed by atoms with van der Waals surface area (Å²) in [5.41, 5.74) is 3.67. The second kappa shape index (κ2) is 7.61. The average molecular weight is 377 g/mol. The molecule has 1 fully saturated rings. The summed E-state index contributed by atoms with van der Waals surface area (Å²) in [4.78, 5) is 5.04. The number of benzene rings is 1. The summed E-state index contributed by atoms with van der Waals surface area (Å²) < 4.78 is 34.6. The van der Waals surface area contributed by atoms with Crippen molar-refractivity contribution in [3.05, 3.63) is 47.3 Å². The van der Waals surface area contributed by atoms with Crippen LogP contribution in [0.15, 0.2) is 40.4 Å². The Balaban J connectivity index is 2.00. The van der Waals surface area contributed by atoms with E-state index in [1.165, 1.54) is 11.4 Å². The van der Waals surface area contributed by atoms with Gasteiger partial charge in [0.2, 0.25) is 10.0 Å². The number of nitrogens with zero attached hydrogens (tertiary/aromatic N) is 3. The summed E-state index contributed by atoms with van der Waals surface area (Å²) in [6, 6.07) is 9.00. The lowest BCUT2D eigenvalue weighted by atomic mass is 10.2. The van der Waals surface area contributed by atoms with Crippen LogP contribution in [0.4, 0.5) is 0 Å². The van der Waals surface area contributed by atoms with Crippen LogP contribution in [0.1, 0.15) is 17.0 Å². The number of oxime groups is 1. The van der Waals surface area contributed by atoms with Crippen LogP contribution in [0.25, 0.3) is 5.69 Å². The summed E-state index contributed by atoms with van der Waals surface area (Å²) >= 11 is 0. The molecule has 0 aliphatic carbocycles. The molecule has 1 aromatic heterocycles. The molecule has 8 heteroatoms. The predicted octanol–water partition coefficient (Wildman–Crippen LogP) is 2.10. The maximum Gasteiger partial charge on any atom is 0.243 e. The Kier molecular flexibility index (Phi) is 5.45. The van der Waals surface area contributed by atoms with Gasteiger partial charge in [-0.15, -0.1) is 0 Å². The van der Waals surface area contributed by atoms with Gasteiger partial charge in [-0.1, -0.05) is 11.2 Å². The van der Waals surface area contributed by atoms with Gasteiger partial charge in [0.15, 0.2) is 0 Å². The highest BCUT2D eigenvalue weighted by Gasteiger charge is 2.26. The van der Waals surface area contributed by atoms with E-state index in [9.17, 15) is 8.42 Å². The highest BCUT2D eigenvalue weighted by Crippen LogP contribution is 2.24. The van der Waals surface area contributed by atoms with Crippen LogP contribution in [-0.2, 0) is 19.6 Å². The molecule has 1 aromatic carbocycles. The molecular weight excluding hydrogens is 354 g/mol. The van der Waals surface area contributed by atoms with Crippen molar-refractivity contribution < 1.29 is 18.0 Å². The van der Waals surface area contributed by atoms with Gasteiger partial charge in [-0.05, 0) is 38.1 Å². The van der Waals surface area contributed by atoms with Crippen molar-refractivity contribution in [2.24, 2.45) is 5.16 Å². The normalized spacial score (nSPS) is 16.3. The lowest BCUT2D eigenvalue weighted by Gasteiger charge is -2.26. The molecule has 140 valence electrons. The first kappa shape index (κ1) is 18.6. The molecule has 0 bridgehead atoms. The van der Waals surface area contributed by atoms with Crippen molar-refractivity contribution in [1.29, 1.82) is 0 Å². The third kappa shape index (κ3) is 3.53. The molecule has 0 atom stereocenters. The number of hydrogen-bond donors (Lipinski definition) is 0. The van der Waals surface area contributed by atoms with Crippen LogP contribution in [0.5, 0.6) is 0 Å². The fraction of sp³-hybridized carbons (Fsp3) is 0.389. The lowest BCUT2D eigenvalue weighted by Crippen LogP contribution is -2.40. The van der Waals surface area contributed by atoms with Crippen molar-refractivity contribution in [1.82, 2.24) is 8.87 Å². The molecule has 0 radical (unpaired) electrons. The Labute approximate surface area is 153 Å². The number of hydrogen-bond acceptors (Lipinski definition) is 5. The molecule has 26 heavy (non-hydrogen) atoms. The zero-order valence-corrected chi connectivity index (χ0v) is 16.0. The number of morpholine rings is 1. The van der Waals surface area contributed by atoms with E-state index < -0.39 is 10.0 Å². The third-order valence-electron chi connectivity index (χ3n) is 4.45. The van der Waals surface area contributed by atoms with E-state index >= 15 is 0 Å². The Bertz CT molecular complexity index is 913. The highest BCUT2D eigenvalue weighted by atomic mass is 32.2. The van der Waals surface area contributed by atoms with E-state index in [4.69, 9.17) is 9.57 Å². The minimum absolute atomic E-state index is 0.288. The zero-order chi connectivity index (χ0) is 18.7. The molecule has 0 spiro atoms.